The average Bonchev–Trinajstić information content (AvgIpc) is 2.41. The standard InChI is InChI=1S/C14H10FNO3/c15-10-6-7-12-11(8-10)13(17)16-14(18,19-12)9-4-2-1-3-5-9/h1-8,18H,(H,16,17). The van der Waals surface area contributed by atoms with Gasteiger partial charge in [-0.15, -0.1) is 0 Å². The molecule has 19 heavy (non-hydrogen) atoms. The second-order valence-corrected chi connectivity index (χ2v) is 4.21. The Balaban J connectivity index is 2.06. The summed E-state index contributed by atoms with van der Waals surface area (Å²) < 4.78 is 18.5. The van der Waals surface area contributed by atoms with Crippen LogP contribution in [-0.4, -0.2) is 11.0 Å². The minimum atomic E-state index is -1.94. The second kappa shape index (κ2) is 4.07. The SMILES string of the molecule is O=C1NC(O)(c2ccccc2)Oc2ccc(F)cc21. The van der Waals surface area contributed by atoms with Gasteiger partial charge < -0.3 is 9.84 Å². The third-order valence-electron chi connectivity index (χ3n) is 2.89. The van der Waals surface area contributed by atoms with Crippen molar-refractivity contribution in [2.75, 3.05) is 0 Å². The normalized spacial score (nSPS) is 21.3. The van der Waals surface area contributed by atoms with Crippen LogP contribution >= 0.6 is 0 Å². The number of rotatable bonds is 1. The van der Waals surface area contributed by atoms with E-state index in [1.165, 1.54) is 12.1 Å². The molecule has 1 atom stereocenters. The van der Waals surface area contributed by atoms with Gasteiger partial charge in [0.05, 0.1) is 5.56 Å². The van der Waals surface area contributed by atoms with E-state index in [4.69, 9.17) is 4.74 Å². The van der Waals surface area contributed by atoms with Gasteiger partial charge in [-0.25, -0.2) is 4.39 Å². The Morgan fingerprint density at radius 3 is 2.63 bits per heavy atom. The highest BCUT2D eigenvalue weighted by atomic mass is 19.1. The van der Waals surface area contributed by atoms with Crippen LogP contribution in [0.1, 0.15) is 15.9 Å². The minimum Gasteiger partial charge on any atom is -0.440 e. The molecule has 5 heteroatoms. The molecule has 0 saturated carbocycles. The van der Waals surface area contributed by atoms with Crippen LogP contribution in [0.4, 0.5) is 4.39 Å². The van der Waals surface area contributed by atoms with Gasteiger partial charge in [0.1, 0.15) is 11.6 Å². The van der Waals surface area contributed by atoms with Crippen LogP contribution in [0.3, 0.4) is 0 Å². The highest BCUT2D eigenvalue weighted by Gasteiger charge is 2.39. The zero-order valence-electron chi connectivity index (χ0n) is 9.76. The molecule has 0 bridgehead atoms. The first-order valence-corrected chi connectivity index (χ1v) is 5.67. The molecule has 0 aliphatic carbocycles. The molecule has 4 nitrogen and oxygen atoms in total. The van der Waals surface area contributed by atoms with Gasteiger partial charge in [0.25, 0.3) is 5.91 Å². The molecular weight excluding hydrogens is 249 g/mol. The maximum Gasteiger partial charge on any atom is 0.320 e. The maximum atomic E-state index is 13.1. The van der Waals surface area contributed by atoms with Crippen LogP contribution in [-0.2, 0) is 5.91 Å². The summed E-state index contributed by atoms with van der Waals surface area (Å²) >= 11 is 0. The first-order chi connectivity index (χ1) is 9.08. The van der Waals surface area contributed by atoms with Gasteiger partial charge in [0.2, 0.25) is 0 Å². The van der Waals surface area contributed by atoms with Crippen molar-refractivity contribution in [3.63, 3.8) is 0 Å². The molecule has 2 aromatic rings. The molecule has 1 aliphatic heterocycles. The van der Waals surface area contributed by atoms with Crippen molar-refractivity contribution < 1.29 is 19.0 Å². The molecular formula is C14H10FNO3. The lowest BCUT2D eigenvalue weighted by Crippen LogP contribution is -2.53. The van der Waals surface area contributed by atoms with Crippen LogP contribution in [0.5, 0.6) is 5.75 Å². The molecule has 1 amide bonds. The Labute approximate surface area is 108 Å². The fourth-order valence-electron chi connectivity index (χ4n) is 1.97. The van der Waals surface area contributed by atoms with Crippen LogP contribution in [0.2, 0.25) is 0 Å². The smallest absolute Gasteiger partial charge is 0.320 e. The molecule has 2 aromatic carbocycles. The average molecular weight is 259 g/mol. The van der Waals surface area contributed by atoms with Crippen molar-refractivity contribution >= 4 is 5.91 Å². The molecule has 1 heterocycles. The van der Waals surface area contributed by atoms with Gasteiger partial charge in [0.15, 0.2) is 0 Å². The monoisotopic (exact) mass is 259 g/mol. The predicted molar refractivity (Wildman–Crippen MR) is 64.8 cm³/mol. The largest absolute Gasteiger partial charge is 0.440 e. The Hall–Kier alpha value is -2.40. The highest BCUT2D eigenvalue weighted by molar-refractivity contribution is 5.98. The van der Waals surface area contributed by atoms with E-state index in [0.717, 1.165) is 6.07 Å². The number of hydrogen-bond acceptors (Lipinski definition) is 3. The molecule has 1 aliphatic rings. The first kappa shape index (κ1) is 11.7. The van der Waals surface area contributed by atoms with Gasteiger partial charge in [0, 0.05) is 5.56 Å². The van der Waals surface area contributed by atoms with E-state index in [1.807, 2.05) is 0 Å². The predicted octanol–water partition coefficient (Wildman–Crippen LogP) is 1.75. The Morgan fingerprint density at radius 1 is 1.16 bits per heavy atom. The number of aliphatic hydroxyl groups is 1. The van der Waals surface area contributed by atoms with E-state index in [-0.39, 0.29) is 11.3 Å². The fourth-order valence-corrected chi connectivity index (χ4v) is 1.97. The molecule has 1 unspecified atom stereocenters. The van der Waals surface area contributed by atoms with Crippen LogP contribution in [0, 0.1) is 5.82 Å². The number of ether oxygens (including phenoxy) is 1. The quantitative estimate of drug-likeness (QED) is 0.820. The summed E-state index contributed by atoms with van der Waals surface area (Å²) in [5.41, 5.74) is 0.443. The molecule has 96 valence electrons. The number of fused-ring (bicyclic) bond motifs is 1. The lowest BCUT2D eigenvalue weighted by molar-refractivity contribution is -0.167. The summed E-state index contributed by atoms with van der Waals surface area (Å²) in [4.78, 5) is 11.9. The Kier molecular flexibility index (Phi) is 2.50. The van der Waals surface area contributed by atoms with E-state index in [1.54, 1.807) is 30.3 Å². The Morgan fingerprint density at radius 2 is 1.89 bits per heavy atom. The van der Waals surface area contributed by atoms with Crippen molar-refractivity contribution in [1.82, 2.24) is 5.32 Å². The van der Waals surface area contributed by atoms with Gasteiger partial charge in [-0.3, -0.25) is 10.1 Å². The number of carbonyl (C=O) groups excluding carboxylic acids is 1. The number of carbonyl (C=O) groups is 1. The van der Waals surface area contributed by atoms with Crippen molar-refractivity contribution in [1.29, 1.82) is 0 Å². The molecule has 0 aromatic heterocycles. The molecule has 2 N–H and O–H groups in total. The van der Waals surface area contributed by atoms with Gasteiger partial charge in [-0.1, -0.05) is 30.3 Å². The molecule has 0 radical (unpaired) electrons. The summed E-state index contributed by atoms with van der Waals surface area (Å²) in [6.07, 6.45) is 0. The summed E-state index contributed by atoms with van der Waals surface area (Å²) in [5.74, 6) is -2.94. The Bertz CT molecular complexity index is 644. The van der Waals surface area contributed by atoms with Crippen LogP contribution in [0.15, 0.2) is 48.5 Å². The first-order valence-electron chi connectivity index (χ1n) is 5.67. The third-order valence-corrected chi connectivity index (χ3v) is 2.89. The topological polar surface area (TPSA) is 58.6 Å². The molecule has 0 spiro atoms. The van der Waals surface area contributed by atoms with E-state index in [0.29, 0.717) is 5.56 Å². The minimum absolute atomic E-state index is 0.0561. The lowest BCUT2D eigenvalue weighted by atomic mass is 10.1. The fraction of sp³-hybridized carbons (Fsp3) is 0.0714. The van der Waals surface area contributed by atoms with Gasteiger partial charge >= 0.3 is 5.91 Å². The van der Waals surface area contributed by atoms with E-state index >= 15 is 0 Å². The molecule has 0 fully saturated rings. The van der Waals surface area contributed by atoms with E-state index in [2.05, 4.69) is 5.32 Å². The number of nitrogens with one attached hydrogen (secondary N) is 1. The zero-order valence-corrected chi connectivity index (χ0v) is 9.76. The third kappa shape index (κ3) is 1.94. The second-order valence-electron chi connectivity index (χ2n) is 4.21. The molecule has 3 rings (SSSR count). The van der Waals surface area contributed by atoms with Crippen molar-refractivity contribution in [2.45, 2.75) is 5.91 Å². The number of halogens is 1. The van der Waals surface area contributed by atoms with E-state index in [9.17, 15) is 14.3 Å². The van der Waals surface area contributed by atoms with Gasteiger partial charge in [-0.2, -0.15) is 0 Å². The summed E-state index contributed by atoms with van der Waals surface area (Å²) in [5, 5.41) is 12.7. The zero-order chi connectivity index (χ0) is 13.5. The van der Waals surface area contributed by atoms with Crippen LogP contribution in [0.25, 0.3) is 0 Å². The van der Waals surface area contributed by atoms with Crippen LogP contribution < -0.4 is 10.1 Å². The summed E-state index contributed by atoms with van der Waals surface area (Å²) in [6.45, 7) is 0. The summed E-state index contributed by atoms with van der Waals surface area (Å²) in [7, 11) is 0. The maximum absolute atomic E-state index is 13.1. The van der Waals surface area contributed by atoms with E-state index < -0.39 is 17.6 Å². The van der Waals surface area contributed by atoms with Gasteiger partial charge in [-0.05, 0) is 18.2 Å². The number of hydrogen-bond donors (Lipinski definition) is 2. The number of benzene rings is 2. The summed E-state index contributed by atoms with van der Waals surface area (Å²) in [6, 6.07) is 12.0. The highest BCUT2D eigenvalue weighted by Crippen LogP contribution is 2.31. The number of amides is 1. The molecule has 0 saturated heterocycles. The van der Waals surface area contributed by atoms with Crippen molar-refractivity contribution in [3.8, 4) is 5.75 Å². The lowest BCUT2D eigenvalue weighted by Gasteiger charge is -2.34. The van der Waals surface area contributed by atoms with Crippen molar-refractivity contribution in [2.24, 2.45) is 0 Å². The van der Waals surface area contributed by atoms with Crippen molar-refractivity contribution in [3.05, 3.63) is 65.5 Å².